The van der Waals surface area contributed by atoms with Gasteiger partial charge in [-0.25, -0.2) is 0 Å². The second-order valence-electron chi connectivity index (χ2n) is 8.33. The van der Waals surface area contributed by atoms with Gasteiger partial charge in [0.05, 0.1) is 24.8 Å². The summed E-state index contributed by atoms with van der Waals surface area (Å²) in [5.41, 5.74) is 1.18. The number of rotatable bonds is 5. The van der Waals surface area contributed by atoms with Crippen LogP contribution in [0.1, 0.15) is 47.8 Å². The predicted octanol–water partition coefficient (Wildman–Crippen LogP) is 5.09. The molecule has 168 valence electrons. The molecule has 0 bridgehead atoms. The average Bonchev–Trinajstić information content (AvgIpc) is 2.65. The number of benzene rings is 2. The number of carbonyl (C=O) groups excluding carboxylic acids is 1. The molecule has 1 aliphatic rings. The number of amides is 1. The first-order valence-electron chi connectivity index (χ1n) is 10.0. The molecular weight excluding hydrogens is 409 g/mol. The zero-order valence-electron chi connectivity index (χ0n) is 18.3. The number of hydrogen-bond acceptors (Lipinski definition) is 4. The number of halogens is 3. The maximum absolute atomic E-state index is 13.6. The summed E-state index contributed by atoms with van der Waals surface area (Å²) >= 11 is 0. The van der Waals surface area contributed by atoms with E-state index >= 15 is 0 Å². The fourth-order valence-electron chi connectivity index (χ4n) is 4.33. The molecule has 2 aromatic carbocycles. The minimum absolute atomic E-state index is 0.0118. The van der Waals surface area contributed by atoms with E-state index in [0.717, 1.165) is 36.3 Å². The highest BCUT2D eigenvalue weighted by Crippen LogP contribution is 2.41. The third kappa shape index (κ3) is 4.63. The molecule has 0 saturated carbocycles. The Morgan fingerprint density at radius 1 is 1.23 bits per heavy atom. The molecule has 8 heteroatoms. The van der Waals surface area contributed by atoms with Gasteiger partial charge in [0, 0.05) is 30.3 Å². The molecule has 1 amide bonds. The van der Waals surface area contributed by atoms with Crippen LogP contribution in [0.25, 0.3) is 0 Å². The van der Waals surface area contributed by atoms with Crippen molar-refractivity contribution >= 4 is 11.6 Å². The lowest BCUT2D eigenvalue weighted by atomic mass is 9.77. The van der Waals surface area contributed by atoms with Crippen LogP contribution in [0.5, 0.6) is 11.5 Å². The number of nitrogens with one attached hydrogen (secondary N) is 1. The number of alkyl halides is 3. The summed E-state index contributed by atoms with van der Waals surface area (Å²) in [6.45, 7) is 7.32. The lowest BCUT2D eigenvalue weighted by Crippen LogP contribution is -2.40. The van der Waals surface area contributed by atoms with Gasteiger partial charge < -0.3 is 19.7 Å². The second-order valence-corrected chi connectivity index (χ2v) is 8.33. The van der Waals surface area contributed by atoms with Crippen LogP contribution in [0, 0.1) is 0 Å². The molecule has 0 saturated heterocycles. The van der Waals surface area contributed by atoms with Crippen molar-refractivity contribution in [3.05, 3.63) is 52.6 Å². The molecule has 1 aliphatic heterocycles. The standard InChI is InChI=1S/C23H27F3N2O3/c1-6-31-19-11-18(30-5)15(10-16(19)23(24,25)26)21(29)27-17-9-7-8-14-12-28(4)13-22(2,3)20(14)17/h7-11H,6,12-13H2,1-5H3,(H,27,29). The molecule has 1 heterocycles. The molecule has 3 rings (SSSR count). The van der Waals surface area contributed by atoms with Crippen LogP contribution in [0.2, 0.25) is 0 Å². The third-order valence-electron chi connectivity index (χ3n) is 5.33. The van der Waals surface area contributed by atoms with E-state index in [1.807, 2.05) is 19.2 Å². The first kappa shape index (κ1) is 22.9. The Labute approximate surface area is 180 Å². The lowest BCUT2D eigenvalue weighted by Gasteiger charge is -2.39. The van der Waals surface area contributed by atoms with Crippen molar-refractivity contribution < 1.29 is 27.4 Å². The Balaban J connectivity index is 2.05. The summed E-state index contributed by atoms with van der Waals surface area (Å²) in [6.07, 6.45) is -4.68. The Morgan fingerprint density at radius 2 is 1.94 bits per heavy atom. The number of hydrogen-bond donors (Lipinski definition) is 1. The average molecular weight is 436 g/mol. The fraction of sp³-hybridized carbons (Fsp3) is 0.435. The van der Waals surface area contributed by atoms with Gasteiger partial charge in [0.2, 0.25) is 0 Å². The van der Waals surface area contributed by atoms with Crippen molar-refractivity contribution in [1.82, 2.24) is 4.90 Å². The van der Waals surface area contributed by atoms with Crippen molar-refractivity contribution in [2.45, 2.75) is 38.9 Å². The van der Waals surface area contributed by atoms with Crippen molar-refractivity contribution in [2.24, 2.45) is 0 Å². The van der Waals surface area contributed by atoms with Crippen molar-refractivity contribution in [2.75, 3.05) is 32.6 Å². The Hall–Kier alpha value is -2.74. The van der Waals surface area contributed by atoms with Crippen LogP contribution >= 0.6 is 0 Å². The Morgan fingerprint density at radius 3 is 2.55 bits per heavy atom. The first-order chi connectivity index (χ1) is 14.5. The van der Waals surface area contributed by atoms with Crippen LogP contribution in [0.3, 0.4) is 0 Å². The van der Waals surface area contributed by atoms with Crippen molar-refractivity contribution in [3.8, 4) is 11.5 Å². The van der Waals surface area contributed by atoms with Crippen molar-refractivity contribution in [1.29, 1.82) is 0 Å². The second kappa shape index (κ2) is 8.42. The van der Waals surface area contributed by atoms with Gasteiger partial charge in [0.25, 0.3) is 5.91 Å². The minimum atomic E-state index is -4.68. The molecule has 5 nitrogen and oxygen atoms in total. The van der Waals surface area contributed by atoms with Gasteiger partial charge in [-0.2, -0.15) is 13.2 Å². The molecule has 0 aromatic heterocycles. The van der Waals surface area contributed by atoms with E-state index in [2.05, 4.69) is 24.1 Å². The van der Waals surface area contributed by atoms with Gasteiger partial charge in [0.1, 0.15) is 11.5 Å². The lowest BCUT2D eigenvalue weighted by molar-refractivity contribution is -0.138. The van der Waals surface area contributed by atoms with E-state index < -0.39 is 17.6 Å². The van der Waals surface area contributed by atoms with Crippen LogP contribution in [0.4, 0.5) is 18.9 Å². The zero-order valence-corrected chi connectivity index (χ0v) is 18.3. The summed E-state index contributed by atoms with van der Waals surface area (Å²) in [4.78, 5) is 15.3. The molecule has 2 aromatic rings. The quantitative estimate of drug-likeness (QED) is 0.710. The smallest absolute Gasteiger partial charge is 0.419 e. The number of methoxy groups -OCH3 is 1. The number of fused-ring (bicyclic) bond motifs is 1. The molecule has 1 N–H and O–H groups in total. The number of anilines is 1. The number of nitrogens with zero attached hydrogens (tertiary/aromatic N) is 1. The normalized spacial score (nSPS) is 15.9. The topological polar surface area (TPSA) is 50.8 Å². The highest BCUT2D eigenvalue weighted by molar-refractivity contribution is 6.07. The molecule has 0 radical (unpaired) electrons. The Kier molecular flexibility index (Phi) is 6.23. The van der Waals surface area contributed by atoms with Gasteiger partial charge >= 0.3 is 6.18 Å². The number of carbonyl (C=O) groups is 1. The van der Waals surface area contributed by atoms with E-state index in [1.54, 1.807) is 13.0 Å². The van der Waals surface area contributed by atoms with Gasteiger partial charge in [-0.05, 0) is 37.2 Å². The monoisotopic (exact) mass is 436 g/mol. The summed E-state index contributed by atoms with van der Waals surface area (Å²) in [6, 6.07) is 7.51. The largest absolute Gasteiger partial charge is 0.496 e. The summed E-state index contributed by atoms with van der Waals surface area (Å²) in [7, 11) is 3.33. The molecule has 0 unspecified atom stereocenters. The van der Waals surface area contributed by atoms with Gasteiger partial charge in [-0.1, -0.05) is 26.0 Å². The summed E-state index contributed by atoms with van der Waals surface area (Å²) in [5, 5.41) is 2.82. The van der Waals surface area contributed by atoms with Crippen LogP contribution < -0.4 is 14.8 Å². The fourth-order valence-corrected chi connectivity index (χ4v) is 4.33. The summed E-state index contributed by atoms with van der Waals surface area (Å²) < 4.78 is 51.1. The molecule has 0 aliphatic carbocycles. The van der Waals surface area contributed by atoms with E-state index in [4.69, 9.17) is 9.47 Å². The first-order valence-corrected chi connectivity index (χ1v) is 10.0. The number of likely N-dealkylation sites (N-methyl/N-ethyl adjacent to an activating group) is 1. The van der Waals surface area contributed by atoms with Gasteiger partial charge in [-0.3, -0.25) is 4.79 Å². The molecule has 0 spiro atoms. The molecule has 0 fully saturated rings. The molecule has 31 heavy (non-hydrogen) atoms. The Bertz CT molecular complexity index is 987. The maximum atomic E-state index is 13.6. The van der Waals surface area contributed by atoms with E-state index in [-0.39, 0.29) is 29.1 Å². The van der Waals surface area contributed by atoms with Gasteiger partial charge in [-0.15, -0.1) is 0 Å². The SMILES string of the molecule is CCOc1cc(OC)c(C(=O)Nc2cccc3c2C(C)(C)CN(C)C3)cc1C(F)(F)F. The maximum Gasteiger partial charge on any atom is 0.419 e. The van der Waals surface area contributed by atoms with E-state index in [0.29, 0.717) is 5.69 Å². The number of ether oxygens (including phenoxy) is 2. The van der Waals surface area contributed by atoms with Crippen LogP contribution in [0.15, 0.2) is 30.3 Å². The minimum Gasteiger partial charge on any atom is -0.496 e. The third-order valence-corrected chi connectivity index (χ3v) is 5.33. The zero-order chi connectivity index (χ0) is 23.0. The molecular formula is C23H27F3N2O3. The highest BCUT2D eigenvalue weighted by Gasteiger charge is 2.37. The van der Waals surface area contributed by atoms with Gasteiger partial charge in [0.15, 0.2) is 0 Å². The molecule has 0 atom stereocenters. The highest BCUT2D eigenvalue weighted by atomic mass is 19.4. The van der Waals surface area contributed by atoms with Crippen LogP contribution in [-0.4, -0.2) is 38.1 Å². The van der Waals surface area contributed by atoms with Crippen molar-refractivity contribution in [3.63, 3.8) is 0 Å². The summed E-state index contributed by atoms with van der Waals surface area (Å²) in [5.74, 6) is -1.03. The van der Waals surface area contributed by atoms with Crippen LogP contribution in [-0.2, 0) is 18.1 Å². The predicted molar refractivity (Wildman–Crippen MR) is 113 cm³/mol. The van der Waals surface area contributed by atoms with E-state index in [9.17, 15) is 18.0 Å². The van der Waals surface area contributed by atoms with E-state index in [1.165, 1.54) is 7.11 Å².